The Balaban J connectivity index is 1.98. The molecule has 20 heavy (non-hydrogen) atoms. The fourth-order valence-corrected chi connectivity index (χ4v) is 3.02. The van der Waals surface area contributed by atoms with E-state index in [1.165, 1.54) is 12.8 Å². The van der Waals surface area contributed by atoms with Crippen molar-refractivity contribution in [1.82, 2.24) is 10.6 Å². The second-order valence-corrected chi connectivity index (χ2v) is 6.70. The topological polar surface area (TPSA) is 41.1 Å². The number of carbonyl (C=O) groups is 1. The van der Waals surface area contributed by atoms with E-state index in [2.05, 4.69) is 24.5 Å². The number of benzene rings is 1. The Kier molecular flexibility index (Phi) is 4.71. The number of hydrogen-bond acceptors (Lipinski definition) is 2. The number of hydrogen-bond donors (Lipinski definition) is 2. The van der Waals surface area contributed by atoms with Crippen LogP contribution in [0.5, 0.6) is 0 Å². The van der Waals surface area contributed by atoms with E-state index in [-0.39, 0.29) is 11.3 Å². The molecule has 3 nitrogen and oxygen atoms in total. The Morgan fingerprint density at radius 2 is 2.25 bits per heavy atom. The van der Waals surface area contributed by atoms with Crippen molar-refractivity contribution in [2.45, 2.75) is 39.7 Å². The summed E-state index contributed by atoms with van der Waals surface area (Å²) in [4.78, 5) is 12.2. The summed E-state index contributed by atoms with van der Waals surface area (Å²) in [5.74, 6) is -0.0256. The van der Waals surface area contributed by atoms with Gasteiger partial charge in [-0.25, -0.2) is 0 Å². The Labute approximate surface area is 126 Å². The van der Waals surface area contributed by atoms with Gasteiger partial charge >= 0.3 is 0 Å². The predicted molar refractivity (Wildman–Crippen MR) is 83.3 cm³/mol. The number of aryl methyl sites for hydroxylation is 1. The predicted octanol–water partition coefficient (Wildman–Crippen LogP) is 3.16. The van der Waals surface area contributed by atoms with Crippen LogP contribution in [0.4, 0.5) is 0 Å². The van der Waals surface area contributed by atoms with E-state index in [0.717, 1.165) is 12.1 Å². The van der Waals surface area contributed by atoms with Crippen LogP contribution >= 0.6 is 11.6 Å². The summed E-state index contributed by atoms with van der Waals surface area (Å²) in [6.07, 6.45) is 2.40. The zero-order valence-electron chi connectivity index (χ0n) is 12.4. The number of rotatable bonds is 3. The van der Waals surface area contributed by atoms with Crippen LogP contribution in [0.1, 0.15) is 42.6 Å². The lowest BCUT2D eigenvalue weighted by Crippen LogP contribution is -2.52. The van der Waals surface area contributed by atoms with Gasteiger partial charge in [-0.05, 0) is 55.5 Å². The van der Waals surface area contributed by atoms with Crippen LogP contribution in [0, 0.1) is 12.3 Å². The first kappa shape index (κ1) is 15.3. The Hall–Kier alpha value is -1.06. The third-order valence-electron chi connectivity index (χ3n) is 4.23. The molecule has 0 spiro atoms. The molecule has 2 N–H and O–H groups in total. The molecule has 1 aromatic rings. The minimum atomic E-state index is -0.0256. The highest BCUT2D eigenvalue weighted by atomic mass is 35.5. The first-order valence-corrected chi connectivity index (χ1v) is 7.56. The molecule has 110 valence electrons. The summed E-state index contributed by atoms with van der Waals surface area (Å²) < 4.78 is 0. The summed E-state index contributed by atoms with van der Waals surface area (Å²) in [5.41, 5.74) is 1.83. The molecule has 1 saturated heterocycles. The molecule has 0 aromatic heterocycles. The van der Waals surface area contributed by atoms with Crippen LogP contribution in [0.15, 0.2) is 18.2 Å². The van der Waals surface area contributed by atoms with Gasteiger partial charge in [0.15, 0.2) is 0 Å². The monoisotopic (exact) mass is 294 g/mol. The zero-order valence-corrected chi connectivity index (χ0v) is 13.2. The van der Waals surface area contributed by atoms with Crippen LogP contribution in [0.3, 0.4) is 0 Å². The third kappa shape index (κ3) is 3.53. The lowest BCUT2D eigenvalue weighted by Gasteiger charge is -2.39. The maximum atomic E-state index is 12.2. The van der Waals surface area contributed by atoms with Crippen molar-refractivity contribution < 1.29 is 4.79 Å². The molecule has 1 unspecified atom stereocenters. The summed E-state index contributed by atoms with van der Waals surface area (Å²) in [6, 6.07) is 5.69. The van der Waals surface area contributed by atoms with Gasteiger partial charge in [0, 0.05) is 23.2 Å². The van der Waals surface area contributed by atoms with Gasteiger partial charge in [0.2, 0.25) is 0 Å². The molecular weight excluding hydrogens is 272 g/mol. The molecule has 1 aliphatic rings. The van der Waals surface area contributed by atoms with E-state index in [0.29, 0.717) is 23.2 Å². The lowest BCUT2D eigenvalue weighted by molar-refractivity contribution is 0.0928. The second kappa shape index (κ2) is 6.15. The maximum Gasteiger partial charge on any atom is 0.251 e. The number of amides is 1. The number of nitrogens with one attached hydrogen (secondary N) is 2. The Morgan fingerprint density at radius 1 is 1.50 bits per heavy atom. The van der Waals surface area contributed by atoms with Gasteiger partial charge < -0.3 is 10.6 Å². The lowest BCUT2D eigenvalue weighted by atomic mass is 9.77. The minimum absolute atomic E-state index is 0.0256. The van der Waals surface area contributed by atoms with Crippen LogP contribution in [-0.2, 0) is 0 Å². The maximum absolute atomic E-state index is 12.2. The molecule has 1 fully saturated rings. The van der Waals surface area contributed by atoms with Crippen molar-refractivity contribution in [3.63, 3.8) is 0 Å². The number of halogens is 1. The summed E-state index contributed by atoms with van der Waals surface area (Å²) in [6.45, 7) is 8.11. The molecule has 0 aliphatic carbocycles. The first-order chi connectivity index (χ1) is 9.40. The zero-order chi connectivity index (χ0) is 14.8. The third-order valence-corrected chi connectivity index (χ3v) is 4.47. The van der Waals surface area contributed by atoms with Gasteiger partial charge in [-0.15, -0.1) is 0 Å². The molecule has 0 radical (unpaired) electrons. The molecule has 1 aliphatic heterocycles. The van der Waals surface area contributed by atoms with Gasteiger partial charge in [-0.2, -0.15) is 0 Å². The highest BCUT2D eigenvalue weighted by Crippen LogP contribution is 2.29. The minimum Gasteiger partial charge on any atom is -0.350 e. The number of carbonyl (C=O) groups excluding carboxylic acids is 1. The second-order valence-electron chi connectivity index (χ2n) is 6.27. The van der Waals surface area contributed by atoms with Crippen molar-refractivity contribution >= 4 is 17.5 Å². The van der Waals surface area contributed by atoms with E-state index < -0.39 is 0 Å². The van der Waals surface area contributed by atoms with Crippen molar-refractivity contribution in [3.05, 3.63) is 34.3 Å². The van der Waals surface area contributed by atoms with E-state index in [4.69, 9.17) is 11.6 Å². The number of piperidine rings is 1. The Morgan fingerprint density at radius 3 is 2.90 bits per heavy atom. The molecule has 4 heteroatoms. The molecule has 1 aromatic carbocycles. The van der Waals surface area contributed by atoms with Gasteiger partial charge in [0.25, 0.3) is 5.91 Å². The van der Waals surface area contributed by atoms with Gasteiger partial charge in [-0.3, -0.25) is 4.79 Å². The highest BCUT2D eigenvalue weighted by molar-refractivity contribution is 6.30. The fraction of sp³-hybridized carbons (Fsp3) is 0.562. The van der Waals surface area contributed by atoms with Crippen LogP contribution in [0.2, 0.25) is 5.02 Å². The van der Waals surface area contributed by atoms with Crippen molar-refractivity contribution in [2.75, 3.05) is 13.1 Å². The average molecular weight is 295 g/mol. The fourth-order valence-electron chi connectivity index (χ4n) is 2.79. The molecule has 1 atom stereocenters. The smallest absolute Gasteiger partial charge is 0.251 e. The molecular formula is C16H23ClN2O. The van der Waals surface area contributed by atoms with Crippen LogP contribution in [0.25, 0.3) is 0 Å². The molecule has 0 bridgehead atoms. The molecule has 2 rings (SSSR count). The van der Waals surface area contributed by atoms with Gasteiger partial charge in [0.05, 0.1) is 0 Å². The van der Waals surface area contributed by atoms with E-state index in [1.807, 2.05) is 13.0 Å². The molecule has 0 saturated carbocycles. The molecule has 1 amide bonds. The largest absolute Gasteiger partial charge is 0.350 e. The first-order valence-electron chi connectivity index (χ1n) is 7.18. The van der Waals surface area contributed by atoms with E-state index in [1.54, 1.807) is 12.1 Å². The van der Waals surface area contributed by atoms with Gasteiger partial charge in [-0.1, -0.05) is 25.4 Å². The summed E-state index contributed by atoms with van der Waals surface area (Å²) >= 11 is 5.92. The summed E-state index contributed by atoms with van der Waals surface area (Å²) in [7, 11) is 0. The standard InChI is InChI=1S/C16H23ClN2O/c1-11-9-12(17)5-6-13(11)15(20)19-10-14-16(2,3)7-4-8-18-14/h5-6,9,14,18H,4,7-8,10H2,1-3H3,(H,19,20). The van der Waals surface area contributed by atoms with Crippen LogP contribution in [-0.4, -0.2) is 25.0 Å². The normalized spacial score (nSPS) is 21.5. The molecule has 1 heterocycles. The van der Waals surface area contributed by atoms with Gasteiger partial charge in [0.1, 0.15) is 0 Å². The quantitative estimate of drug-likeness (QED) is 0.899. The van der Waals surface area contributed by atoms with E-state index in [9.17, 15) is 4.79 Å². The van der Waals surface area contributed by atoms with Crippen molar-refractivity contribution in [1.29, 1.82) is 0 Å². The van der Waals surface area contributed by atoms with Crippen molar-refractivity contribution in [3.8, 4) is 0 Å². The Bertz CT molecular complexity index is 499. The SMILES string of the molecule is Cc1cc(Cl)ccc1C(=O)NCC1NCCCC1(C)C. The van der Waals surface area contributed by atoms with Crippen LogP contribution < -0.4 is 10.6 Å². The van der Waals surface area contributed by atoms with Crippen molar-refractivity contribution in [2.24, 2.45) is 5.41 Å². The highest BCUT2D eigenvalue weighted by Gasteiger charge is 2.32. The summed E-state index contributed by atoms with van der Waals surface area (Å²) in [5, 5.41) is 7.21. The van der Waals surface area contributed by atoms with E-state index >= 15 is 0 Å². The average Bonchev–Trinajstić information content (AvgIpc) is 2.36.